The fourth-order valence-electron chi connectivity index (χ4n) is 2.14. The van der Waals surface area contributed by atoms with Gasteiger partial charge in [0.05, 0.1) is 6.10 Å². The van der Waals surface area contributed by atoms with Crippen molar-refractivity contribution in [1.82, 2.24) is 9.97 Å². The quantitative estimate of drug-likeness (QED) is 0.733. The van der Waals surface area contributed by atoms with Crippen LogP contribution in [0.5, 0.6) is 0 Å². The van der Waals surface area contributed by atoms with Crippen LogP contribution in [0, 0.1) is 0 Å². The molecule has 1 fully saturated rings. The van der Waals surface area contributed by atoms with Crippen molar-refractivity contribution in [3.8, 4) is 0 Å². The number of anilines is 2. The van der Waals surface area contributed by atoms with E-state index < -0.39 is 6.10 Å². The number of rotatable bonds is 7. The topological polar surface area (TPSA) is 70.1 Å². The average Bonchev–Trinajstić information content (AvgIpc) is 3.20. The van der Waals surface area contributed by atoms with E-state index in [4.69, 9.17) is 0 Å². The summed E-state index contributed by atoms with van der Waals surface area (Å²) in [5, 5.41) is 20.5. The van der Waals surface area contributed by atoms with Gasteiger partial charge < -0.3 is 15.7 Å². The summed E-state index contributed by atoms with van der Waals surface area (Å²) in [7, 11) is 0. The zero-order valence-corrected chi connectivity index (χ0v) is 12.9. The molecule has 112 valence electrons. The number of nitrogens with one attached hydrogen (secondary N) is 2. The Hall–Kier alpha value is -1.66. The molecule has 1 atom stereocenters. The minimum atomic E-state index is -0.516. The van der Waals surface area contributed by atoms with Crippen LogP contribution in [0.3, 0.4) is 0 Å². The third-order valence-corrected chi connectivity index (χ3v) is 4.15. The third kappa shape index (κ3) is 3.71. The number of aliphatic hydroxyl groups excluding tert-OH is 1. The summed E-state index contributed by atoms with van der Waals surface area (Å²) in [6, 6.07) is 3.84. The molecule has 1 aliphatic carbocycles. The molecule has 21 heavy (non-hydrogen) atoms. The lowest BCUT2D eigenvalue weighted by atomic mass is 10.2. The summed E-state index contributed by atoms with van der Waals surface area (Å²) < 4.78 is 0. The minimum Gasteiger partial charge on any atom is -0.387 e. The van der Waals surface area contributed by atoms with E-state index in [2.05, 4.69) is 20.6 Å². The number of hydrogen-bond donors (Lipinski definition) is 3. The number of nitrogens with zero attached hydrogens (tertiary/aromatic N) is 2. The molecule has 3 N–H and O–H groups in total. The first-order valence-electron chi connectivity index (χ1n) is 7.33. The fourth-order valence-corrected chi connectivity index (χ4v) is 2.84. The maximum atomic E-state index is 10.1. The number of thiophene rings is 1. The number of hydrogen-bond acceptors (Lipinski definition) is 6. The van der Waals surface area contributed by atoms with Crippen molar-refractivity contribution in [2.45, 2.75) is 31.8 Å². The second-order valence-corrected chi connectivity index (χ2v) is 6.03. The zero-order valence-electron chi connectivity index (χ0n) is 12.0. The van der Waals surface area contributed by atoms with Crippen molar-refractivity contribution in [2.24, 2.45) is 0 Å². The van der Waals surface area contributed by atoms with Crippen molar-refractivity contribution < 1.29 is 5.11 Å². The van der Waals surface area contributed by atoms with E-state index in [1.165, 1.54) is 12.8 Å². The van der Waals surface area contributed by atoms with Crippen LogP contribution in [0.25, 0.3) is 0 Å². The molecule has 0 spiro atoms. The summed E-state index contributed by atoms with van der Waals surface area (Å²) in [5.41, 5.74) is 0.941. The Balaban J connectivity index is 1.68. The van der Waals surface area contributed by atoms with Gasteiger partial charge in [0.1, 0.15) is 17.5 Å². The maximum absolute atomic E-state index is 10.1. The van der Waals surface area contributed by atoms with E-state index in [1.54, 1.807) is 11.3 Å². The van der Waals surface area contributed by atoms with Gasteiger partial charge in [-0.1, -0.05) is 0 Å². The molecule has 1 saturated carbocycles. The van der Waals surface area contributed by atoms with Crippen LogP contribution in [0.15, 0.2) is 22.9 Å². The molecule has 0 amide bonds. The Kier molecular flexibility index (Phi) is 4.36. The molecule has 0 bridgehead atoms. The van der Waals surface area contributed by atoms with Gasteiger partial charge >= 0.3 is 0 Å². The highest BCUT2D eigenvalue weighted by Crippen LogP contribution is 2.38. The highest BCUT2D eigenvalue weighted by molar-refractivity contribution is 7.07. The zero-order chi connectivity index (χ0) is 14.7. The average molecular weight is 304 g/mol. The molecule has 0 radical (unpaired) electrons. The third-order valence-electron chi connectivity index (χ3n) is 3.45. The summed E-state index contributed by atoms with van der Waals surface area (Å²) >= 11 is 1.59. The SMILES string of the molecule is CCNc1cc(NCC(O)c2ccsc2)nc(C2CC2)n1. The van der Waals surface area contributed by atoms with Gasteiger partial charge in [0, 0.05) is 25.1 Å². The largest absolute Gasteiger partial charge is 0.387 e. The van der Waals surface area contributed by atoms with Gasteiger partial charge in [-0.05, 0) is 42.2 Å². The first kappa shape index (κ1) is 14.3. The van der Waals surface area contributed by atoms with E-state index in [-0.39, 0.29) is 0 Å². The molecule has 1 unspecified atom stereocenters. The predicted octanol–water partition coefficient (Wildman–Crippen LogP) is 2.99. The van der Waals surface area contributed by atoms with Gasteiger partial charge in [-0.3, -0.25) is 0 Å². The molecule has 5 nitrogen and oxygen atoms in total. The van der Waals surface area contributed by atoms with Crippen LogP contribution >= 0.6 is 11.3 Å². The summed E-state index contributed by atoms with van der Waals surface area (Å²) in [5.74, 6) is 3.03. The van der Waals surface area contributed by atoms with Crippen molar-refractivity contribution >= 4 is 23.0 Å². The molecule has 0 aromatic carbocycles. The van der Waals surface area contributed by atoms with Crippen LogP contribution in [0.2, 0.25) is 0 Å². The van der Waals surface area contributed by atoms with E-state index >= 15 is 0 Å². The lowest BCUT2D eigenvalue weighted by molar-refractivity contribution is 0.192. The molecule has 2 aromatic heterocycles. The van der Waals surface area contributed by atoms with Crippen LogP contribution < -0.4 is 10.6 Å². The number of aliphatic hydroxyl groups is 1. The highest BCUT2D eigenvalue weighted by Gasteiger charge is 2.27. The molecule has 1 aliphatic rings. The standard InChI is InChI=1S/C15H20N4OS/c1-2-16-13-7-14(19-15(18-13)10-3-4-10)17-8-12(20)11-5-6-21-9-11/h5-7,9-10,12,20H,2-4,8H2,1H3,(H2,16,17,18,19). The van der Waals surface area contributed by atoms with E-state index in [1.807, 2.05) is 29.8 Å². The van der Waals surface area contributed by atoms with Crippen LogP contribution in [0.4, 0.5) is 11.6 Å². The molecule has 2 heterocycles. The second kappa shape index (κ2) is 6.41. The smallest absolute Gasteiger partial charge is 0.136 e. The fraction of sp³-hybridized carbons (Fsp3) is 0.467. The predicted molar refractivity (Wildman–Crippen MR) is 85.9 cm³/mol. The molecule has 0 saturated heterocycles. The Morgan fingerprint density at radius 2 is 2.10 bits per heavy atom. The molecular weight excluding hydrogens is 284 g/mol. The van der Waals surface area contributed by atoms with Gasteiger partial charge in [-0.25, -0.2) is 9.97 Å². The van der Waals surface area contributed by atoms with E-state index in [0.29, 0.717) is 12.5 Å². The summed E-state index contributed by atoms with van der Waals surface area (Å²) in [6.45, 7) is 3.33. The van der Waals surface area contributed by atoms with Gasteiger partial charge in [-0.2, -0.15) is 11.3 Å². The van der Waals surface area contributed by atoms with Crippen molar-refractivity contribution in [3.63, 3.8) is 0 Å². The van der Waals surface area contributed by atoms with Crippen molar-refractivity contribution in [3.05, 3.63) is 34.3 Å². The summed E-state index contributed by atoms with van der Waals surface area (Å²) in [4.78, 5) is 9.10. The Morgan fingerprint density at radius 1 is 1.33 bits per heavy atom. The molecular formula is C15H20N4OS. The van der Waals surface area contributed by atoms with Crippen molar-refractivity contribution in [2.75, 3.05) is 23.7 Å². The Bertz CT molecular complexity index is 583. The first-order chi connectivity index (χ1) is 10.3. The van der Waals surface area contributed by atoms with Crippen LogP contribution in [-0.4, -0.2) is 28.2 Å². The van der Waals surface area contributed by atoms with Crippen molar-refractivity contribution in [1.29, 1.82) is 0 Å². The summed E-state index contributed by atoms with van der Waals surface area (Å²) in [6.07, 6.45) is 1.83. The molecule has 0 aliphatic heterocycles. The van der Waals surface area contributed by atoms with Gasteiger partial charge in [-0.15, -0.1) is 0 Å². The Morgan fingerprint density at radius 3 is 2.71 bits per heavy atom. The van der Waals surface area contributed by atoms with Gasteiger partial charge in [0.25, 0.3) is 0 Å². The monoisotopic (exact) mass is 304 g/mol. The molecule has 6 heteroatoms. The normalized spacial score (nSPS) is 15.7. The van der Waals surface area contributed by atoms with E-state index in [0.717, 1.165) is 29.6 Å². The lowest BCUT2D eigenvalue weighted by Crippen LogP contribution is -2.14. The molecule has 3 rings (SSSR count). The van der Waals surface area contributed by atoms with Gasteiger partial charge in [0.2, 0.25) is 0 Å². The maximum Gasteiger partial charge on any atom is 0.136 e. The Labute approximate surface area is 128 Å². The van der Waals surface area contributed by atoms with Crippen LogP contribution in [0.1, 0.15) is 43.2 Å². The molecule has 2 aromatic rings. The highest BCUT2D eigenvalue weighted by atomic mass is 32.1. The van der Waals surface area contributed by atoms with E-state index in [9.17, 15) is 5.11 Å². The van der Waals surface area contributed by atoms with Crippen LogP contribution in [-0.2, 0) is 0 Å². The minimum absolute atomic E-state index is 0.448. The van der Waals surface area contributed by atoms with Gasteiger partial charge in [0.15, 0.2) is 0 Å². The lowest BCUT2D eigenvalue weighted by Gasteiger charge is -2.13. The second-order valence-electron chi connectivity index (χ2n) is 5.25. The first-order valence-corrected chi connectivity index (χ1v) is 8.27. The number of aromatic nitrogens is 2.